The van der Waals surface area contributed by atoms with Gasteiger partial charge in [-0.3, -0.25) is 14.0 Å². The molecule has 1 fully saturated rings. The Bertz CT molecular complexity index is 1050. The van der Waals surface area contributed by atoms with Crippen LogP contribution in [0.4, 0.5) is 5.69 Å². The highest BCUT2D eigenvalue weighted by Crippen LogP contribution is 2.28. The summed E-state index contributed by atoms with van der Waals surface area (Å²) in [6, 6.07) is 13.6. The average molecular weight is 492 g/mol. The second-order valence-electron chi connectivity index (χ2n) is 8.76. The summed E-state index contributed by atoms with van der Waals surface area (Å²) in [5.41, 5.74) is 3.60. The molecule has 2 aromatic carbocycles. The van der Waals surface area contributed by atoms with Gasteiger partial charge in [-0.1, -0.05) is 48.4 Å². The highest BCUT2D eigenvalue weighted by molar-refractivity contribution is 7.92. The topological polar surface area (TPSA) is 69.7 Å². The van der Waals surface area contributed by atoms with Gasteiger partial charge in [-0.2, -0.15) is 0 Å². The standard InChI is InChI=1S/C25H34ClN3O3S/c1-20-23(26)11-7-12-24(20)29(33(2,31)32)16-8-13-25(30)27-18-21-9-6-10-22(17-21)19-28-14-4-3-5-15-28/h6-7,9-12,17H,3-5,8,13-16,18-19H2,1-2H3,(H,27,30). The maximum absolute atomic E-state index is 12.4. The molecule has 180 valence electrons. The van der Waals surface area contributed by atoms with Crippen LogP contribution in [-0.4, -0.2) is 45.1 Å². The summed E-state index contributed by atoms with van der Waals surface area (Å²) in [7, 11) is -3.49. The molecule has 1 saturated heterocycles. The highest BCUT2D eigenvalue weighted by atomic mass is 35.5. The molecule has 0 bridgehead atoms. The molecule has 0 atom stereocenters. The fourth-order valence-corrected chi connectivity index (χ4v) is 5.40. The van der Waals surface area contributed by atoms with Crippen LogP contribution in [0.1, 0.15) is 48.8 Å². The van der Waals surface area contributed by atoms with E-state index in [1.54, 1.807) is 25.1 Å². The molecule has 0 spiro atoms. The number of hydrogen-bond acceptors (Lipinski definition) is 4. The van der Waals surface area contributed by atoms with Gasteiger partial charge in [0, 0.05) is 31.1 Å². The molecule has 1 amide bonds. The average Bonchev–Trinajstić information content (AvgIpc) is 2.78. The number of carbonyl (C=O) groups is 1. The monoisotopic (exact) mass is 491 g/mol. The third-order valence-corrected chi connectivity index (χ3v) is 7.60. The van der Waals surface area contributed by atoms with E-state index in [4.69, 9.17) is 11.6 Å². The lowest BCUT2D eigenvalue weighted by Crippen LogP contribution is -2.32. The van der Waals surface area contributed by atoms with E-state index in [-0.39, 0.29) is 18.9 Å². The number of rotatable bonds is 10. The number of anilines is 1. The summed E-state index contributed by atoms with van der Waals surface area (Å²) in [5, 5.41) is 3.48. The predicted molar refractivity (Wildman–Crippen MR) is 135 cm³/mol. The third kappa shape index (κ3) is 7.73. The lowest BCUT2D eigenvalue weighted by molar-refractivity contribution is -0.121. The SMILES string of the molecule is Cc1c(Cl)cccc1N(CCCC(=O)NCc1cccc(CN2CCCCC2)c1)S(C)(=O)=O. The molecule has 8 heteroatoms. The summed E-state index contributed by atoms with van der Waals surface area (Å²) in [6.07, 6.45) is 5.69. The lowest BCUT2D eigenvalue weighted by Gasteiger charge is -2.26. The number of nitrogens with zero attached hydrogens (tertiary/aromatic N) is 2. The van der Waals surface area contributed by atoms with Crippen molar-refractivity contribution in [2.24, 2.45) is 0 Å². The van der Waals surface area contributed by atoms with E-state index in [1.807, 2.05) is 12.1 Å². The first-order chi connectivity index (χ1) is 15.7. The maximum Gasteiger partial charge on any atom is 0.232 e. The lowest BCUT2D eigenvalue weighted by atomic mass is 10.1. The Balaban J connectivity index is 1.49. The van der Waals surface area contributed by atoms with Crippen molar-refractivity contribution in [1.29, 1.82) is 0 Å². The zero-order valence-electron chi connectivity index (χ0n) is 19.5. The minimum absolute atomic E-state index is 0.0901. The highest BCUT2D eigenvalue weighted by Gasteiger charge is 2.20. The quantitative estimate of drug-likeness (QED) is 0.531. The zero-order chi connectivity index (χ0) is 23.8. The van der Waals surface area contributed by atoms with Crippen molar-refractivity contribution < 1.29 is 13.2 Å². The van der Waals surface area contributed by atoms with E-state index in [0.29, 0.717) is 29.2 Å². The Kier molecular flexibility index (Phi) is 9.18. The van der Waals surface area contributed by atoms with Gasteiger partial charge in [-0.05, 0) is 68.1 Å². The first-order valence-corrected chi connectivity index (χ1v) is 13.8. The number of benzene rings is 2. The summed E-state index contributed by atoms with van der Waals surface area (Å²) >= 11 is 6.17. The second-order valence-corrected chi connectivity index (χ2v) is 11.1. The minimum Gasteiger partial charge on any atom is -0.352 e. The van der Waals surface area contributed by atoms with Crippen LogP contribution in [-0.2, 0) is 27.9 Å². The number of nitrogens with one attached hydrogen (secondary N) is 1. The van der Waals surface area contributed by atoms with Crippen LogP contribution in [0.25, 0.3) is 0 Å². The Morgan fingerprint density at radius 1 is 1.09 bits per heavy atom. The van der Waals surface area contributed by atoms with Crippen LogP contribution >= 0.6 is 11.6 Å². The largest absolute Gasteiger partial charge is 0.352 e. The van der Waals surface area contributed by atoms with Crippen molar-refractivity contribution in [3.8, 4) is 0 Å². The first-order valence-electron chi connectivity index (χ1n) is 11.5. The van der Waals surface area contributed by atoms with E-state index in [2.05, 4.69) is 22.3 Å². The van der Waals surface area contributed by atoms with Crippen LogP contribution in [0, 0.1) is 6.92 Å². The van der Waals surface area contributed by atoms with E-state index in [1.165, 1.54) is 35.4 Å². The van der Waals surface area contributed by atoms with Crippen LogP contribution < -0.4 is 9.62 Å². The van der Waals surface area contributed by atoms with Gasteiger partial charge in [-0.25, -0.2) is 8.42 Å². The molecule has 0 unspecified atom stereocenters. The van der Waals surface area contributed by atoms with Gasteiger partial charge in [0.25, 0.3) is 0 Å². The van der Waals surface area contributed by atoms with Crippen molar-refractivity contribution in [3.05, 3.63) is 64.2 Å². The van der Waals surface area contributed by atoms with Crippen molar-refractivity contribution in [1.82, 2.24) is 10.2 Å². The molecule has 2 aromatic rings. The molecule has 1 N–H and O–H groups in total. The van der Waals surface area contributed by atoms with Crippen LogP contribution in [0.3, 0.4) is 0 Å². The molecule has 1 heterocycles. The van der Waals surface area contributed by atoms with Gasteiger partial charge < -0.3 is 5.32 Å². The fraction of sp³-hybridized carbons (Fsp3) is 0.480. The third-order valence-electron chi connectivity index (χ3n) is 6.01. The Morgan fingerprint density at radius 2 is 1.79 bits per heavy atom. The smallest absolute Gasteiger partial charge is 0.232 e. The zero-order valence-corrected chi connectivity index (χ0v) is 21.1. The second kappa shape index (κ2) is 11.9. The Morgan fingerprint density at radius 3 is 2.52 bits per heavy atom. The summed E-state index contributed by atoms with van der Waals surface area (Å²) in [4.78, 5) is 14.9. The van der Waals surface area contributed by atoms with Crippen molar-refractivity contribution in [3.63, 3.8) is 0 Å². The number of amides is 1. The molecule has 6 nitrogen and oxygen atoms in total. The van der Waals surface area contributed by atoms with Crippen molar-refractivity contribution in [2.45, 2.75) is 52.1 Å². The number of halogens is 1. The van der Waals surface area contributed by atoms with Crippen LogP contribution in [0.15, 0.2) is 42.5 Å². The van der Waals surface area contributed by atoms with Gasteiger partial charge >= 0.3 is 0 Å². The number of sulfonamides is 1. The number of carbonyl (C=O) groups excluding carboxylic acids is 1. The van der Waals surface area contributed by atoms with E-state index in [9.17, 15) is 13.2 Å². The number of likely N-dealkylation sites (tertiary alicyclic amines) is 1. The van der Waals surface area contributed by atoms with Crippen LogP contribution in [0.5, 0.6) is 0 Å². The molecule has 1 aliphatic heterocycles. The maximum atomic E-state index is 12.4. The molecule has 0 saturated carbocycles. The molecule has 0 radical (unpaired) electrons. The van der Waals surface area contributed by atoms with Crippen LogP contribution in [0.2, 0.25) is 5.02 Å². The summed E-state index contributed by atoms with van der Waals surface area (Å²) < 4.78 is 26.0. The number of hydrogen-bond donors (Lipinski definition) is 1. The number of piperidine rings is 1. The van der Waals surface area contributed by atoms with E-state index >= 15 is 0 Å². The van der Waals surface area contributed by atoms with Gasteiger partial charge in [-0.15, -0.1) is 0 Å². The van der Waals surface area contributed by atoms with Gasteiger partial charge in [0.1, 0.15) is 0 Å². The fourth-order valence-electron chi connectivity index (χ4n) is 4.22. The molecule has 3 rings (SSSR count). The normalized spacial score (nSPS) is 14.8. The molecule has 0 aliphatic carbocycles. The Hall–Kier alpha value is -2.09. The molecule has 1 aliphatic rings. The van der Waals surface area contributed by atoms with E-state index in [0.717, 1.165) is 25.2 Å². The minimum atomic E-state index is -3.49. The first kappa shape index (κ1) is 25.5. The van der Waals surface area contributed by atoms with E-state index < -0.39 is 10.0 Å². The van der Waals surface area contributed by atoms with Crippen molar-refractivity contribution >= 4 is 33.2 Å². The molecule has 0 aromatic heterocycles. The van der Waals surface area contributed by atoms with Gasteiger partial charge in [0.15, 0.2) is 0 Å². The molecular formula is C25H34ClN3O3S. The van der Waals surface area contributed by atoms with Gasteiger partial charge in [0.2, 0.25) is 15.9 Å². The molecule has 33 heavy (non-hydrogen) atoms. The Labute approximate surface area is 203 Å². The summed E-state index contributed by atoms with van der Waals surface area (Å²) in [6.45, 7) is 5.74. The van der Waals surface area contributed by atoms with Gasteiger partial charge in [0.05, 0.1) is 11.9 Å². The summed E-state index contributed by atoms with van der Waals surface area (Å²) in [5.74, 6) is -0.0901. The molecular weight excluding hydrogens is 458 g/mol. The van der Waals surface area contributed by atoms with Crippen molar-refractivity contribution in [2.75, 3.05) is 30.2 Å². The predicted octanol–water partition coefficient (Wildman–Crippen LogP) is 4.50.